The van der Waals surface area contributed by atoms with Crippen LogP contribution in [0.5, 0.6) is 0 Å². The van der Waals surface area contributed by atoms with Gasteiger partial charge in [0.2, 0.25) is 0 Å². The standard InChI is InChI=1S/C61H40/c1-61(2)57-35-41(27-30-53(57)54-31-28-42(36-58(54)61)56-34-40-13-4-5-14-43(40)46-16-8-10-19-50(46)56)44-32-33-51(48-18-9-7-17-47(44)48)49-20-11-21-55-52(49)29-26-39-25-24-38-23-22-37-12-3-6-15-45(37)59(38)60(39)55/h3-36H,1-2H3. The van der Waals surface area contributed by atoms with Crippen molar-refractivity contribution in [2.24, 2.45) is 0 Å². The quantitative estimate of drug-likeness (QED) is 0.157. The highest BCUT2D eigenvalue weighted by Crippen LogP contribution is 2.52. The van der Waals surface area contributed by atoms with Crippen LogP contribution in [0, 0.1) is 0 Å². The van der Waals surface area contributed by atoms with E-state index >= 15 is 0 Å². The molecular weight excluding hydrogens is 733 g/mol. The fraction of sp³-hybridized carbons (Fsp3) is 0.0492. The van der Waals surface area contributed by atoms with Crippen molar-refractivity contribution in [2.45, 2.75) is 19.3 Å². The summed E-state index contributed by atoms with van der Waals surface area (Å²) in [6.07, 6.45) is 0. The second kappa shape index (κ2) is 12.7. The van der Waals surface area contributed by atoms with Crippen molar-refractivity contribution in [1.29, 1.82) is 0 Å². The molecule has 0 saturated heterocycles. The fourth-order valence-corrected chi connectivity index (χ4v) is 11.1. The number of benzene rings is 12. The van der Waals surface area contributed by atoms with Gasteiger partial charge in [0.05, 0.1) is 0 Å². The van der Waals surface area contributed by atoms with E-state index in [0.29, 0.717) is 0 Å². The first-order valence-corrected chi connectivity index (χ1v) is 21.5. The molecule has 12 aromatic rings. The van der Waals surface area contributed by atoms with Gasteiger partial charge in [-0.1, -0.05) is 202 Å². The summed E-state index contributed by atoms with van der Waals surface area (Å²) < 4.78 is 0. The molecule has 0 N–H and O–H groups in total. The third-order valence-electron chi connectivity index (χ3n) is 14.0. The molecule has 0 heteroatoms. The molecule has 0 radical (unpaired) electrons. The van der Waals surface area contributed by atoms with Crippen LogP contribution in [0.1, 0.15) is 25.0 Å². The molecule has 0 bridgehead atoms. The number of fused-ring (bicyclic) bond motifs is 14. The summed E-state index contributed by atoms with van der Waals surface area (Å²) in [7, 11) is 0. The molecule has 1 aliphatic carbocycles. The van der Waals surface area contributed by atoms with E-state index < -0.39 is 0 Å². The van der Waals surface area contributed by atoms with Crippen LogP contribution >= 0.6 is 0 Å². The lowest BCUT2D eigenvalue weighted by atomic mass is 9.80. The Kier molecular flexibility index (Phi) is 7.17. The second-order valence-electron chi connectivity index (χ2n) is 17.6. The molecule has 0 unspecified atom stereocenters. The molecule has 12 aromatic carbocycles. The lowest BCUT2D eigenvalue weighted by Crippen LogP contribution is -2.15. The van der Waals surface area contributed by atoms with Crippen molar-refractivity contribution in [3.63, 3.8) is 0 Å². The van der Waals surface area contributed by atoms with Gasteiger partial charge in [-0.15, -0.1) is 0 Å². The largest absolute Gasteiger partial charge is 0.0616 e. The van der Waals surface area contributed by atoms with Crippen molar-refractivity contribution in [3.05, 3.63) is 217 Å². The minimum atomic E-state index is -0.166. The first kappa shape index (κ1) is 34.3. The summed E-state index contributed by atoms with van der Waals surface area (Å²) in [5.74, 6) is 0. The van der Waals surface area contributed by atoms with E-state index in [1.165, 1.54) is 131 Å². The van der Waals surface area contributed by atoms with Crippen LogP contribution < -0.4 is 0 Å². The minimum absolute atomic E-state index is 0.166. The summed E-state index contributed by atoms with van der Waals surface area (Å²) in [5, 5.41) is 18.1. The zero-order valence-electron chi connectivity index (χ0n) is 34.1. The van der Waals surface area contributed by atoms with E-state index in [-0.39, 0.29) is 5.41 Å². The lowest BCUT2D eigenvalue weighted by molar-refractivity contribution is 0.661. The first-order valence-electron chi connectivity index (χ1n) is 21.5. The summed E-state index contributed by atoms with van der Waals surface area (Å²) in [4.78, 5) is 0. The molecule has 0 fully saturated rings. The lowest BCUT2D eigenvalue weighted by Gasteiger charge is -2.23. The van der Waals surface area contributed by atoms with Crippen molar-refractivity contribution in [2.75, 3.05) is 0 Å². The van der Waals surface area contributed by atoms with Crippen LogP contribution in [0.2, 0.25) is 0 Å². The fourth-order valence-electron chi connectivity index (χ4n) is 11.1. The van der Waals surface area contributed by atoms with E-state index in [4.69, 9.17) is 0 Å². The Morgan fingerprint density at radius 2 is 0.689 bits per heavy atom. The highest BCUT2D eigenvalue weighted by molar-refractivity contribution is 6.29. The van der Waals surface area contributed by atoms with Gasteiger partial charge in [0.25, 0.3) is 0 Å². The molecule has 13 rings (SSSR count). The number of rotatable bonds is 3. The predicted octanol–water partition coefficient (Wildman–Crippen LogP) is 17.1. The van der Waals surface area contributed by atoms with E-state index in [1.54, 1.807) is 0 Å². The maximum atomic E-state index is 2.47. The Labute approximate surface area is 355 Å². The van der Waals surface area contributed by atoms with Gasteiger partial charge in [-0.05, 0) is 149 Å². The summed E-state index contributed by atoms with van der Waals surface area (Å²) in [6, 6.07) is 77.5. The van der Waals surface area contributed by atoms with Crippen LogP contribution in [0.25, 0.3) is 120 Å². The average molecular weight is 773 g/mol. The maximum absolute atomic E-state index is 2.47. The van der Waals surface area contributed by atoms with Gasteiger partial charge < -0.3 is 0 Å². The highest BCUT2D eigenvalue weighted by atomic mass is 14.4. The molecule has 0 nitrogen and oxygen atoms in total. The Bertz CT molecular complexity index is 3840. The van der Waals surface area contributed by atoms with Gasteiger partial charge in [-0.25, -0.2) is 0 Å². The van der Waals surface area contributed by atoms with E-state index in [9.17, 15) is 0 Å². The van der Waals surface area contributed by atoms with E-state index in [2.05, 4.69) is 220 Å². The van der Waals surface area contributed by atoms with Crippen molar-refractivity contribution < 1.29 is 0 Å². The third kappa shape index (κ3) is 4.94. The van der Waals surface area contributed by atoms with Crippen LogP contribution in [-0.2, 0) is 5.41 Å². The van der Waals surface area contributed by atoms with Crippen LogP contribution in [0.15, 0.2) is 206 Å². The molecular formula is C61H40. The average Bonchev–Trinajstić information content (AvgIpc) is 3.54. The predicted molar refractivity (Wildman–Crippen MR) is 263 cm³/mol. The molecule has 0 amide bonds. The maximum Gasteiger partial charge on any atom is 0.0159 e. The minimum Gasteiger partial charge on any atom is -0.0616 e. The molecule has 0 saturated carbocycles. The van der Waals surface area contributed by atoms with Crippen molar-refractivity contribution in [1.82, 2.24) is 0 Å². The summed E-state index contributed by atoms with van der Waals surface area (Å²) in [5.41, 5.74) is 12.9. The van der Waals surface area contributed by atoms with Crippen LogP contribution in [0.4, 0.5) is 0 Å². The van der Waals surface area contributed by atoms with Gasteiger partial charge in [0, 0.05) is 5.41 Å². The SMILES string of the molecule is CC1(C)c2cc(-c3ccc(-c4cccc5c4ccc4ccc6ccc7ccccc7c6c45)c4ccccc34)ccc2-c2ccc(-c3cc4ccccc4c4ccccc34)cc21. The van der Waals surface area contributed by atoms with Gasteiger partial charge in [0.1, 0.15) is 0 Å². The second-order valence-corrected chi connectivity index (χ2v) is 17.6. The first-order chi connectivity index (χ1) is 30.0. The third-order valence-corrected chi connectivity index (χ3v) is 14.0. The number of hydrogen-bond donors (Lipinski definition) is 0. The van der Waals surface area contributed by atoms with Crippen LogP contribution in [0.3, 0.4) is 0 Å². The molecule has 0 aromatic heterocycles. The van der Waals surface area contributed by atoms with Crippen molar-refractivity contribution in [3.8, 4) is 44.5 Å². The number of hydrogen-bond acceptors (Lipinski definition) is 0. The van der Waals surface area contributed by atoms with E-state index in [1.807, 2.05) is 0 Å². The van der Waals surface area contributed by atoms with Gasteiger partial charge >= 0.3 is 0 Å². The Morgan fingerprint density at radius 1 is 0.246 bits per heavy atom. The smallest absolute Gasteiger partial charge is 0.0159 e. The van der Waals surface area contributed by atoms with E-state index in [0.717, 1.165) is 0 Å². The summed E-state index contributed by atoms with van der Waals surface area (Å²) in [6.45, 7) is 4.81. The zero-order chi connectivity index (χ0) is 40.4. The monoisotopic (exact) mass is 772 g/mol. The Balaban J connectivity index is 0.940. The molecule has 0 spiro atoms. The van der Waals surface area contributed by atoms with Crippen LogP contribution in [-0.4, -0.2) is 0 Å². The molecule has 0 heterocycles. The van der Waals surface area contributed by atoms with Gasteiger partial charge in [0.15, 0.2) is 0 Å². The van der Waals surface area contributed by atoms with Gasteiger partial charge in [-0.3, -0.25) is 0 Å². The molecule has 0 atom stereocenters. The normalized spacial score (nSPS) is 13.2. The molecule has 1 aliphatic rings. The Hall–Kier alpha value is -7.54. The van der Waals surface area contributed by atoms with Crippen molar-refractivity contribution >= 4 is 75.4 Å². The zero-order valence-corrected chi connectivity index (χ0v) is 34.1. The Morgan fingerprint density at radius 3 is 1.39 bits per heavy atom. The van der Waals surface area contributed by atoms with Gasteiger partial charge in [-0.2, -0.15) is 0 Å². The molecule has 0 aliphatic heterocycles. The molecule has 61 heavy (non-hydrogen) atoms. The topological polar surface area (TPSA) is 0 Å². The summed E-state index contributed by atoms with van der Waals surface area (Å²) >= 11 is 0. The highest BCUT2D eigenvalue weighted by Gasteiger charge is 2.36. The molecule has 284 valence electrons.